The van der Waals surface area contributed by atoms with Crippen molar-refractivity contribution in [3.63, 3.8) is 0 Å². The van der Waals surface area contributed by atoms with E-state index in [2.05, 4.69) is 10.3 Å². The van der Waals surface area contributed by atoms with Crippen molar-refractivity contribution in [3.05, 3.63) is 41.2 Å². The Morgan fingerprint density at radius 2 is 2.10 bits per heavy atom. The lowest BCUT2D eigenvalue weighted by Crippen LogP contribution is -2.09. The van der Waals surface area contributed by atoms with Crippen molar-refractivity contribution in [1.82, 2.24) is 9.55 Å². The lowest BCUT2D eigenvalue weighted by Gasteiger charge is -2.12. The second-order valence-electron chi connectivity index (χ2n) is 4.29. The molecule has 1 aromatic heterocycles. The summed E-state index contributed by atoms with van der Waals surface area (Å²) >= 11 is 5.73. The molecule has 1 aromatic carbocycles. The van der Waals surface area contributed by atoms with Crippen LogP contribution in [-0.4, -0.2) is 23.3 Å². The minimum atomic E-state index is -4.45. The van der Waals surface area contributed by atoms with Crippen LogP contribution in [0.5, 0.6) is 0 Å². The van der Waals surface area contributed by atoms with Crippen LogP contribution in [0.25, 0.3) is 0 Å². The lowest BCUT2D eigenvalue weighted by atomic mass is 10.2. The molecule has 8 heteroatoms. The second-order valence-corrected chi connectivity index (χ2v) is 4.72. The van der Waals surface area contributed by atoms with Crippen molar-refractivity contribution in [2.45, 2.75) is 12.7 Å². The molecule has 0 atom stereocenters. The second kappa shape index (κ2) is 6.36. The average Bonchev–Trinajstić information content (AvgIpc) is 2.82. The van der Waals surface area contributed by atoms with Crippen LogP contribution in [-0.2, 0) is 17.5 Å². The van der Waals surface area contributed by atoms with Gasteiger partial charge in [-0.25, -0.2) is 4.98 Å². The number of methoxy groups -OCH3 is 1. The van der Waals surface area contributed by atoms with Gasteiger partial charge in [-0.15, -0.1) is 0 Å². The Kier molecular flexibility index (Phi) is 4.74. The van der Waals surface area contributed by atoms with Crippen LogP contribution in [0.15, 0.2) is 30.6 Å². The van der Waals surface area contributed by atoms with Crippen molar-refractivity contribution in [1.29, 1.82) is 0 Å². The number of ether oxygens (including phenoxy) is 1. The summed E-state index contributed by atoms with van der Waals surface area (Å²) in [4.78, 5) is 4.06. The van der Waals surface area contributed by atoms with Crippen molar-refractivity contribution >= 4 is 23.2 Å². The number of alkyl halides is 3. The number of nitrogens with zero attached hydrogens (tertiary/aromatic N) is 2. The molecule has 2 aromatic rings. The Morgan fingerprint density at radius 1 is 1.33 bits per heavy atom. The van der Waals surface area contributed by atoms with Gasteiger partial charge in [0, 0.05) is 36.8 Å². The van der Waals surface area contributed by atoms with Gasteiger partial charge in [-0.05, 0) is 18.2 Å². The summed E-state index contributed by atoms with van der Waals surface area (Å²) in [5.74, 6) is 0.419. The van der Waals surface area contributed by atoms with Crippen molar-refractivity contribution in [2.24, 2.45) is 0 Å². The minimum absolute atomic E-state index is 0.00215. The van der Waals surface area contributed by atoms with Crippen LogP contribution in [0.1, 0.15) is 5.56 Å². The predicted octanol–water partition coefficient (Wildman–Crippen LogP) is 3.95. The molecule has 1 heterocycles. The highest BCUT2D eigenvalue weighted by atomic mass is 35.5. The number of nitrogens with one attached hydrogen (secondary N) is 1. The highest BCUT2D eigenvalue weighted by molar-refractivity contribution is 6.31. The molecule has 0 bridgehead atoms. The quantitative estimate of drug-likeness (QED) is 0.907. The smallest absolute Gasteiger partial charge is 0.383 e. The monoisotopic (exact) mass is 319 g/mol. The molecule has 4 nitrogen and oxygen atoms in total. The normalized spacial score (nSPS) is 11.7. The number of hydrogen-bond acceptors (Lipinski definition) is 3. The van der Waals surface area contributed by atoms with E-state index in [9.17, 15) is 13.2 Å². The highest BCUT2D eigenvalue weighted by Gasteiger charge is 2.31. The van der Waals surface area contributed by atoms with E-state index in [0.717, 1.165) is 12.1 Å². The van der Waals surface area contributed by atoms with Crippen LogP contribution in [0, 0.1) is 0 Å². The summed E-state index contributed by atoms with van der Waals surface area (Å²) in [5.41, 5.74) is -0.591. The van der Waals surface area contributed by atoms with Gasteiger partial charge >= 0.3 is 6.18 Å². The SMILES string of the molecule is COCCn1ccnc1Nc1cc(Cl)cc(C(F)(F)F)c1. The Labute approximate surface area is 124 Å². The highest BCUT2D eigenvalue weighted by Crippen LogP contribution is 2.33. The van der Waals surface area contributed by atoms with E-state index in [1.54, 1.807) is 24.1 Å². The minimum Gasteiger partial charge on any atom is -0.383 e. The Morgan fingerprint density at radius 3 is 2.76 bits per heavy atom. The molecule has 0 saturated heterocycles. The maximum absolute atomic E-state index is 12.7. The average molecular weight is 320 g/mol. The van der Waals surface area contributed by atoms with Gasteiger partial charge in [-0.3, -0.25) is 0 Å². The molecule has 0 amide bonds. The molecular formula is C13H13ClF3N3O. The van der Waals surface area contributed by atoms with Gasteiger partial charge in [0.2, 0.25) is 5.95 Å². The molecular weight excluding hydrogens is 307 g/mol. The molecule has 0 aliphatic carbocycles. The van der Waals surface area contributed by atoms with Gasteiger partial charge in [0.15, 0.2) is 0 Å². The summed E-state index contributed by atoms with van der Waals surface area (Å²) in [6.45, 7) is 1.000. The molecule has 0 aliphatic rings. The fraction of sp³-hybridized carbons (Fsp3) is 0.308. The third-order valence-corrected chi connectivity index (χ3v) is 2.95. The summed E-state index contributed by atoms with van der Waals surface area (Å²) in [7, 11) is 1.57. The molecule has 0 unspecified atom stereocenters. The number of anilines is 2. The van der Waals surface area contributed by atoms with Crippen molar-refractivity contribution in [3.8, 4) is 0 Å². The molecule has 2 rings (SSSR count). The summed E-state index contributed by atoms with van der Waals surface area (Å²) in [6.07, 6.45) is -1.20. The predicted molar refractivity (Wildman–Crippen MR) is 73.8 cm³/mol. The van der Waals surface area contributed by atoms with E-state index in [-0.39, 0.29) is 10.7 Å². The summed E-state index contributed by atoms with van der Waals surface area (Å²) < 4.78 is 44.9. The van der Waals surface area contributed by atoms with E-state index in [4.69, 9.17) is 16.3 Å². The third-order valence-electron chi connectivity index (χ3n) is 2.73. The first kappa shape index (κ1) is 15.7. The lowest BCUT2D eigenvalue weighted by molar-refractivity contribution is -0.137. The summed E-state index contributed by atoms with van der Waals surface area (Å²) in [5, 5.41) is 2.83. The van der Waals surface area contributed by atoms with Gasteiger partial charge < -0.3 is 14.6 Å². The third kappa shape index (κ3) is 4.12. The largest absolute Gasteiger partial charge is 0.416 e. The van der Waals surface area contributed by atoms with Gasteiger partial charge in [0.1, 0.15) is 0 Å². The number of aromatic nitrogens is 2. The molecule has 0 radical (unpaired) electrons. The van der Waals surface area contributed by atoms with Gasteiger partial charge in [-0.2, -0.15) is 13.2 Å². The van der Waals surface area contributed by atoms with Gasteiger partial charge in [0.05, 0.1) is 12.2 Å². The topological polar surface area (TPSA) is 39.1 Å². The number of imidazole rings is 1. The zero-order valence-corrected chi connectivity index (χ0v) is 11.9. The van der Waals surface area contributed by atoms with Crippen molar-refractivity contribution < 1.29 is 17.9 Å². The first-order chi connectivity index (χ1) is 9.90. The molecule has 0 spiro atoms. The van der Waals surface area contributed by atoms with E-state index in [0.29, 0.717) is 19.1 Å². The zero-order valence-electron chi connectivity index (χ0n) is 11.1. The molecule has 1 N–H and O–H groups in total. The molecule has 0 saturated carbocycles. The van der Waals surface area contributed by atoms with E-state index in [1.807, 2.05) is 0 Å². The zero-order chi connectivity index (χ0) is 15.5. The van der Waals surface area contributed by atoms with Crippen LogP contribution in [0.2, 0.25) is 5.02 Å². The van der Waals surface area contributed by atoms with E-state index in [1.165, 1.54) is 6.07 Å². The van der Waals surface area contributed by atoms with E-state index >= 15 is 0 Å². The number of benzene rings is 1. The maximum Gasteiger partial charge on any atom is 0.416 e. The Bertz CT molecular complexity index is 613. The molecule has 0 aliphatic heterocycles. The Hall–Kier alpha value is -1.73. The summed E-state index contributed by atoms with van der Waals surface area (Å²) in [6, 6.07) is 3.28. The fourth-order valence-electron chi connectivity index (χ4n) is 1.76. The fourth-order valence-corrected chi connectivity index (χ4v) is 1.99. The van der Waals surface area contributed by atoms with Crippen LogP contribution in [0.4, 0.5) is 24.8 Å². The maximum atomic E-state index is 12.7. The number of hydrogen-bond donors (Lipinski definition) is 1. The van der Waals surface area contributed by atoms with Gasteiger partial charge in [-0.1, -0.05) is 11.6 Å². The first-order valence-corrected chi connectivity index (χ1v) is 6.43. The van der Waals surface area contributed by atoms with Gasteiger partial charge in [0.25, 0.3) is 0 Å². The van der Waals surface area contributed by atoms with Crippen LogP contribution in [0.3, 0.4) is 0 Å². The molecule has 21 heavy (non-hydrogen) atoms. The van der Waals surface area contributed by atoms with Crippen molar-refractivity contribution in [2.75, 3.05) is 19.0 Å². The standard InChI is InChI=1S/C13H13ClF3N3O/c1-21-5-4-20-3-2-18-12(20)19-11-7-9(13(15,16)17)6-10(14)8-11/h2-3,6-8H,4-5H2,1H3,(H,18,19). The molecule has 0 fully saturated rings. The van der Waals surface area contributed by atoms with Crippen LogP contribution < -0.4 is 5.32 Å². The number of rotatable bonds is 5. The first-order valence-electron chi connectivity index (χ1n) is 6.05. The van der Waals surface area contributed by atoms with Crippen LogP contribution >= 0.6 is 11.6 Å². The Balaban J connectivity index is 2.24. The molecule has 114 valence electrons. The van der Waals surface area contributed by atoms with E-state index < -0.39 is 11.7 Å². The number of halogens is 4.